The van der Waals surface area contributed by atoms with Crippen LogP contribution in [0.5, 0.6) is 0 Å². The normalized spacial score (nSPS) is 20.5. The number of carbonyl (C=O) groups is 1. The minimum atomic E-state index is -0.0786. The standard InChI is InChI=1S/C14H16N2OS/c1-10-13(18-9-15-10)11-2-4-12(5-3-11)14(6-7-14)16-8-17/h2-5,8,15H,6-7,9H2,1H3,(H,16,17). The van der Waals surface area contributed by atoms with Crippen molar-refractivity contribution in [3.8, 4) is 0 Å². The highest BCUT2D eigenvalue weighted by Gasteiger charge is 2.43. The van der Waals surface area contributed by atoms with Gasteiger partial charge in [0.1, 0.15) is 0 Å². The molecule has 0 aromatic heterocycles. The Morgan fingerprint density at radius 1 is 1.33 bits per heavy atom. The highest BCUT2D eigenvalue weighted by Crippen LogP contribution is 2.45. The average Bonchev–Trinajstić information content (AvgIpc) is 3.05. The van der Waals surface area contributed by atoms with Gasteiger partial charge in [0.05, 0.1) is 11.4 Å². The van der Waals surface area contributed by atoms with Crippen LogP contribution in [0.4, 0.5) is 0 Å². The van der Waals surface area contributed by atoms with Crippen molar-refractivity contribution in [2.75, 3.05) is 5.88 Å². The van der Waals surface area contributed by atoms with E-state index >= 15 is 0 Å². The average molecular weight is 260 g/mol. The lowest BCUT2D eigenvalue weighted by Crippen LogP contribution is -2.27. The maximum atomic E-state index is 10.6. The molecule has 0 radical (unpaired) electrons. The second kappa shape index (κ2) is 4.35. The molecule has 1 aromatic carbocycles. The molecule has 0 saturated heterocycles. The van der Waals surface area contributed by atoms with E-state index in [1.165, 1.54) is 21.7 Å². The van der Waals surface area contributed by atoms with Crippen LogP contribution in [-0.2, 0) is 10.3 Å². The van der Waals surface area contributed by atoms with Gasteiger partial charge in [-0.3, -0.25) is 4.79 Å². The maximum Gasteiger partial charge on any atom is 0.207 e. The van der Waals surface area contributed by atoms with Gasteiger partial charge in [0.15, 0.2) is 0 Å². The van der Waals surface area contributed by atoms with E-state index in [1.54, 1.807) is 0 Å². The summed E-state index contributed by atoms with van der Waals surface area (Å²) in [5.74, 6) is 0.958. The molecule has 1 saturated carbocycles. The molecule has 1 aromatic rings. The fourth-order valence-electron chi connectivity index (χ4n) is 2.40. The Labute approximate surface area is 111 Å². The summed E-state index contributed by atoms with van der Waals surface area (Å²) in [4.78, 5) is 12.0. The third-order valence-corrected chi connectivity index (χ3v) is 4.80. The first-order valence-electron chi connectivity index (χ1n) is 6.15. The van der Waals surface area contributed by atoms with Crippen LogP contribution in [-0.4, -0.2) is 12.3 Å². The number of hydrogen-bond acceptors (Lipinski definition) is 3. The van der Waals surface area contributed by atoms with Gasteiger partial charge >= 0.3 is 0 Å². The monoisotopic (exact) mass is 260 g/mol. The van der Waals surface area contributed by atoms with E-state index in [1.807, 2.05) is 11.8 Å². The summed E-state index contributed by atoms with van der Waals surface area (Å²) < 4.78 is 0. The summed E-state index contributed by atoms with van der Waals surface area (Å²) in [7, 11) is 0. The molecule has 0 atom stereocenters. The molecule has 2 aliphatic rings. The van der Waals surface area contributed by atoms with Crippen molar-refractivity contribution in [3.63, 3.8) is 0 Å². The lowest BCUT2D eigenvalue weighted by molar-refractivity contribution is -0.110. The Morgan fingerprint density at radius 2 is 2.06 bits per heavy atom. The molecule has 3 nitrogen and oxygen atoms in total. The van der Waals surface area contributed by atoms with Crippen LogP contribution >= 0.6 is 11.8 Å². The number of thioether (sulfide) groups is 1. The first-order valence-corrected chi connectivity index (χ1v) is 7.13. The number of hydrogen-bond donors (Lipinski definition) is 2. The van der Waals surface area contributed by atoms with E-state index in [-0.39, 0.29) is 5.54 Å². The minimum Gasteiger partial charge on any atom is -0.378 e. The lowest BCUT2D eigenvalue weighted by atomic mass is 10.0. The summed E-state index contributed by atoms with van der Waals surface area (Å²) in [5, 5.41) is 6.27. The summed E-state index contributed by atoms with van der Waals surface area (Å²) in [5.41, 5.74) is 3.64. The number of allylic oxidation sites excluding steroid dienone is 1. The highest BCUT2D eigenvalue weighted by molar-refractivity contribution is 8.08. The molecule has 18 heavy (non-hydrogen) atoms. The Hall–Kier alpha value is -1.42. The number of benzene rings is 1. The van der Waals surface area contributed by atoms with E-state index < -0.39 is 0 Å². The van der Waals surface area contributed by atoms with Crippen LogP contribution in [0.1, 0.15) is 30.9 Å². The molecule has 0 unspecified atom stereocenters. The molecular weight excluding hydrogens is 244 g/mol. The highest BCUT2D eigenvalue weighted by atomic mass is 32.2. The van der Waals surface area contributed by atoms with Gasteiger partial charge in [-0.15, -0.1) is 11.8 Å². The van der Waals surface area contributed by atoms with Gasteiger partial charge in [-0.2, -0.15) is 0 Å². The van der Waals surface area contributed by atoms with Crippen molar-refractivity contribution >= 4 is 23.1 Å². The van der Waals surface area contributed by atoms with E-state index in [9.17, 15) is 4.79 Å². The molecule has 3 rings (SSSR count). The maximum absolute atomic E-state index is 10.6. The molecule has 4 heteroatoms. The molecule has 1 fully saturated rings. The van der Waals surface area contributed by atoms with E-state index in [0.29, 0.717) is 0 Å². The quantitative estimate of drug-likeness (QED) is 0.817. The van der Waals surface area contributed by atoms with Gasteiger partial charge in [0.2, 0.25) is 6.41 Å². The van der Waals surface area contributed by atoms with Crippen LogP contribution in [0.2, 0.25) is 0 Å². The molecule has 1 aliphatic heterocycles. The molecule has 94 valence electrons. The predicted molar refractivity (Wildman–Crippen MR) is 74.7 cm³/mol. The third-order valence-electron chi connectivity index (χ3n) is 3.68. The summed E-state index contributed by atoms with van der Waals surface area (Å²) >= 11 is 1.84. The molecule has 0 bridgehead atoms. The first kappa shape index (κ1) is 11.7. The SMILES string of the molecule is CC1=C(c2ccc(C3(NC=O)CC3)cc2)SCN1. The van der Waals surface area contributed by atoms with Crippen LogP contribution in [0.3, 0.4) is 0 Å². The van der Waals surface area contributed by atoms with E-state index in [4.69, 9.17) is 0 Å². The van der Waals surface area contributed by atoms with Crippen molar-refractivity contribution in [2.45, 2.75) is 25.3 Å². The Kier molecular flexibility index (Phi) is 2.82. The second-order valence-electron chi connectivity index (χ2n) is 4.84. The van der Waals surface area contributed by atoms with Gasteiger partial charge in [-0.25, -0.2) is 0 Å². The van der Waals surface area contributed by atoms with Gasteiger partial charge in [-0.05, 0) is 30.9 Å². The largest absolute Gasteiger partial charge is 0.378 e. The zero-order valence-corrected chi connectivity index (χ0v) is 11.1. The van der Waals surface area contributed by atoms with E-state index in [2.05, 4.69) is 41.8 Å². The van der Waals surface area contributed by atoms with E-state index in [0.717, 1.165) is 25.1 Å². The molecule has 1 amide bonds. The summed E-state index contributed by atoms with van der Waals surface area (Å²) in [6.45, 7) is 2.11. The fourth-order valence-corrected chi connectivity index (χ4v) is 3.42. The first-order chi connectivity index (χ1) is 8.75. The molecule has 1 heterocycles. The Balaban J connectivity index is 1.86. The van der Waals surface area contributed by atoms with Crippen LogP contribution in [0.15, 0.2) is 30.0 Å². The van der Waals surface area contributed by atoms with Crippen LogP contribution in [0, 0.1) is 0 Å². The van der Waals surface area contributed by atoms with Gasteiger partial charge < -0.3 is 10.6 Å². The minimum absolute atomic E-state index is 0.0786. The smallest absolute Gasteiger partial charge is 0.207 e. The zero-order valence-electron chi connectivity index (χ0n) is 10.3. The van der Waals surface area contributed by atoms with Crippen molar-refractivity contribution in [1.29, 1.82) is 0 Å². The van der Waals surface area contributed by atoms with Gasteiger partial charge in [0, 0.05) is 10.6 Å². The van der Waals surface area contributed by atoms with Crippen molar-refractivity contribution in [2.24, 2.45) is 0 Å². The number of nitrogens with one attached hydrogen (secondary N) is 2. The Bertz CT molecular complexity index is 503. The van der Waals surface area contributed by atoms with Crippen molar-refractivity contribution in [3.05, 3.63) is 41.1 Å². The number of carbonyl (C=O) groups excluding carboxylic acids is 1. The molecule has 1 aliphatic carbocycles. The zero-order chi connectivity index (χ0) is 12.6. The Morgan fingerprint density at radius 3 is 2.56 bits per heavy atom. The van der Waals surface area contributed by atoms with Crippen molar-refractivity contribution < 1.29 is 4.79 Å². The van der Waals surface area contributed by atoms with Gasteiger partial charge in [0.25, 0.3) is 0 Å². The molecule has 0 spiro atoms. The number of amides is 1. The van der Waals surface area contributed by atoms with Crippen LogP contribution < -0.4 is 10.6 Å². The molecule has 2 N–H and O–H groups in total. The predicted octanol–water partition coefficient (Wildman–Crippen LogP) is 2.40. The van der Waals surface area contributed by atoms with Crippen molar-refractivity contribution in [1.82, 2.24) is 10.6 Å². The summed E-state index contributed by atoms with van der Waals surface area (Å²) in [6.07, 6.45) is 2.90. The fraction of sp³-hybridized carbons (Fsp3) is 0.357. The lowest BCUT2D eigenvalue weighted by Gasteiger charge is -2.15. The van der Waals surface area contributed by atoms with Gasteiger partial charge in [-0.1, -0.05) is 24.3 Å². The topological polar surface area (TPSA) is 41.1 Å². The number of rotatable bonds is 4. The summed E-state index contributed by atoms with van der Waals surface area (Å²) in [6, 6.07) is 8.58. The van der Waals surface area contributed by atoms with Crippen LogP contribution in [0.25, 0.3) is 4.91 Å². The second-order valence-corrected chi connectivity index (χ2v) is 5.83. The third kappa shape index (κ3) is 1.90. The molecular formula is C14H16N2OS.